The van der Waals surface area contributed by atoms with E-state index in [1.54, 1.807) is 0 Å². The molecule has 0 spiro atoms. The summed E-state index contributed by atoms with van der Waals surface area (Å²) in [5, 5.41) is 0.444. The first-order valence-corrected chi connectivity index (χ1v) is 8.12. The van der Waals surface area contributed by atoms with Crippen LogP contribution in [-0.4, -0.2) is 35.2 Å². The number of para-hydroxylation sites is 1. The van der Waals surface area contributed by atoms with Crippen molar-refractivity contribution in [3.8, 4) is 0 Å². The molecule has 1 aliphatic carbocycles. The van der Waals surface area contributed by atoms with Gasteiger partial charge in [-0.25, -0.2) is 9.98 Å². The molecule has 110 valence electrons. The number of anilines is 1. The van der Waals surface area contributed by atoms with E-state index in [2.05, 4.69) is 9.98 Å². The molecule has 0 saturated heterocycles. The molecule has 1 aliphatic heterocycles. The van der Waals surface area contributed by atoms with Crippen LogP contribution in [0.4, 0.5) is 5.69 Å². The van der Waals surface area contributed by atoms with Gasteiger partial charge in [0.15, 0.2) is 0 Å². The first-order valence-electron chi connectivity index (χ1n) is 6.80. The third-order valence-electron chi connectivity index (χ3n) is 3.41. The summed E-state index contributed by atoms with van der Waals surface area (Å²) in [4.78, 5) is 10.9. The number of hydrogen-bond acceptors (Lipinski definition) is 4. The van der Waals surface area contributed by atoms with Crippen LogP contribution in [-0.2, 0) is 16.6 Å². The summed E-state index contributed by atoms with van der Waals surface area (Å²) in [7, 11) is 2.75. The third-order valence-corrected chi connectivity index (χ3v) is 4.59. The van der Waals surface area contributed by atoms with E-state index in [4.69, 9.17) is 0 Å². The standard InChI is InChI=1S/C16H17N3OS.Na.H/c1-19(2)15-10-6-3-7-12(15)11-21(20)16-17-13-8-4-5-9-14(13)18-16;;/h3-10,13H,11H2,1-2H3;;/q;+1;-1. The first-order chi connectivity index (χ1) is 10.1. The van der Waals surface area contributed by atoms with Gasteiger partial charge in [0.1, 0.15) is 6.04 Å². The second-order valence-corrected chi connectivity index (χ2v) is 6.50. The summed E-state index contributed by atoms with van der Waals surface area (Å²) in [6.07, 6.45) is 7.77. The molecule has 2 atom stereocenters. The number of hydrogen-bond donors (Lipinski definition) is 0. The minimum Gasteiger partial charge on any atom is -1.00 e. The van der Waals surface area contributed by atoms with Crippen LogP contribution in [0.5, 0.6) is 0 Å². The minimum absolute atomic E-state index is 0. The molecule has 1 aromatic rings. The number of aliphatic imine (C=N–C) groups is 2. The van der Waals surface area contributed by atoms with Crippen molar-refractivity contribution in [2.45, 2.75) is 11.8 Å². The van der Waals surface area contributed by atoms with E-state index in [1.807, 2.05) is 67.6 Å². The van der Waals surface area contributed by atoms with Crippen LogP contribution in [0.3, 0.4) is 0 Å². The molecular weight excluding hydrogens is 305 g/mol. The van der Waals surface area contributed by atoms with E-state index in [1.165, 1.54) is 0 Å². The van der Waals surface area contributed by atoms with Crippen LogP contribution >= 0.6 is 0 Å². The van der Waals surface area contributed by atoms with Gasteiger partial charge in [-0.2, -0.15) is 0 Å². The predicted molar refractivity (Wildman–Crippen MR) is 90.7 cm³/mol. The van der Waals surface area contributed by atoms with Gasteiger partial charge in [0, 0.05) is 19.8 Å². The van der Waals surface area contributed by atoms with Crippen LogP contribution in [0.2, 0.25) is 0 Å². The van der Waals surface area contributed by atoms with Gasteiger partial charge in [-0.1, -0.05) is 36.4 Å². The maximum Gasteiger partial charge on any atom is 1.00 e. The SMILES string of the molecule is CN(C)c1ccccc1CS(=O)C1=NC2C=CC=CC2=N1.[H-].[Na+]. The number of rotatable bonds is 3. The number of amidine groups is 1. The second kappa shape index (κ2) is 7.51. The molecule has 22 heavy (non-hydrogen) atoms. The first kappa shape index (κ1) is 17.3. The monoisotopic (exact) mass is 323 g/mol. The Morgan fingerprint density at radius 2 is 2.05 bits per heavy atom. The molecule has 1 heterocycles. The number of fused-ring (bicyclic) bond motifs is 1. The summed E-state index contributed by atoms with van der Waals surface area (Å²) in [5.74, 6) is 0.435. The largest absolute Gasteiger partial charge is 1.00 e. The van der Waals surface area contributed by atoms with Gasteiger partial charge in [0.05, 0.1) is 22.3 Å². The van der Waals surface area contributed by atoms with Gasteiger partial charge >= 0.3 is 29.6 Å². The van der Waals surface area contributed by atoms with Gasteiger partial charge in [0.25, 0.3) is 0 Å². The van der Waals surface area contributed by atoms with Gasteiger partial charge in [-0.3, -0.25) is 4.21 Å². The maximum absolute atomic E-state index is 12.5. The Hall–Kier alpha value is -1.01. The number of nitrogens with zero attached hydrogens (tertiary/aromatic N) is 3. The molecule has 3 rings (SSSR count). The molecule has 1 aromatic carbocycles. The average Bonchev–Trinajstić information content (AvgIpc) is 2.91. The fourth-order valence-electron chi connectivity index (χ4n) is 2.38. The maximum atomic E-state index is 12.5. The molecule has 0 bridgehead atoms. The molecule has 2 aliphatic rings. The zero-order chi connectivity index (χ0) is 14.8. The second-order valence-electron chi connectivity index (χ2n) is 5.15. The fourth-order valence-corrected chi connectivity index (χ4v) is 3.47. The Labute approximate surface area is 157 Å². The van der Waals surface area contributed by atoms with Gasteiger partial charge in [0.2, 0.25) is 5.17 Å². The summed E-state index contributed by atoms with van der Waals surface area (Å²) in [6, 6.07) is 7.92. The Bertz CT molecular complexity index is 713. The van der Waals surface area contributed by atoms with Crippen LogP contribution in [0, 0.1) is 0 Å². The summed E-state index contributed by atoms with van der Waals surface area (Å²) in [6.45, 7) is 0. The Kier molecular flexibility index (Phi) is 5.92. The van der Waals surface area contributed by atoms with Crippen molar-refractivity contribution in [2.24, 2.45) is 9.98 Å². The smallest absolute Gasteiger partial charge is 1.00 e. The van der Waals surface area contributed by atoms with E-state index >= 15 is 0 Å². The fraction of sp³-hybridized carbons (Fsp3) is 0.250. The summed E-state index contributed by atoms with van der Waals surface area (Å²) < 4.78 is 12.5. The topological polar surface area (TPSA) is 45.0 Å². The molecule has 0 amide bonds. The number of benzene rings is 1. The van der Waals surface area contributed by atoms with E-state index in [9.17, 15) is 4.21 Å². The Morgan fingerprint density at radius 3 is 2.77 bits per heavy atom. The third kappa shape index (κ3) is 3.66. The molecule has 0 saturated carbocycles. The number of allylic oxidation sites excluding steroid dienone is 2. The van der Waals surface area contributed by atoms with Crippen molar-refractivity contribution in [2.75, 3.05) is 19.0 Å². The Balaban J connectivity index is 0.00000132. The zero-order valence-corrected chi connectivity index (χ0v) is 15.9. The van der Waals surface area contributed by atoms with Crippen molar-refractivity contribution >= 4 is 27.4 Å². The Morgan fingerprint density at radius 1 is 1.27 bits per heavy atom. The molecule has 0 radical (unpaired) electrons. The van der Waals surface area contributed by atoms with Gasteiger partial charge in [-0.05, 0) is 17.7 Å². The predicted octanol–water partition coefficient (Wildman–Crippen LogP) is -0.577. The average molecular weight is 323 g/mol. The van der Waals surface area contributed by atoms with Crippen molar-refractivity contribution in [3.05, 3.63) is 54.1 Å². The molecule has 0 fully saturated rings. The van der Waals surface area contributed by atoms with Crippen molar-refractivity contribution in [1.82, 2.24) is 0 Å². The van der Waals surface area contributed by atoms with E-state index in [0.717, 1.165) is 17.0 Å². The van der Waals surface area contributed by atoms with Crippen molar-refractivity contribution in [1.29, 1.82) is 0 Å². The molecule has 0 aromatic heterocycles. The normalized spacial score (nSPS) is 19.8. The van der Waals surface area contributed by atoms with Crippen LogP contribution in [0.15, 0.2) is 58.6 Å². The van der Waals surface area contributed by atoms with E-state index in [-0.39, 0.29) is 37.0 Å². The quantitative estimate of drug-likeness (QED) is 0.699. The zero-order valence-electron chi connectivity index (χ0n) is 14.1. The molecule has 0 N–H and O–H groups in total. The molecular formula is C16H18N3NaOS. The van der Waals surface area contributed by atoms with E-state index in [0.29, 0.717) is 10.9 Å². The molecule has 4 nitrogen and oxygen atoms in total. The molecule has 2 unspecified atom stereocenters. The minimum atomic E-state index is -1.22. The van der Waals surface area contributed by atoms with E-state index < -0.39 is 10.8 Å². The molecule has 6 heteroatoms. The van der Waals surface area contributed by atoms with Gasteiger partial charge < -0.3 is 6.33 Å². The van der Waals surface area contributed by atoms with Crippen LogP contribution < -0.4 is 34.5 Å². The summed E-state index contributed by atoms with van der Waals surface area (Å²) in [5.41, 5.74) is 3.00. The summed E-state index contributed by atoms with van der Waals surface area (Å²) >= 11 is 0. The van der Waals surface area contributed by atoms with Crippen molar-refractivity contribution in [3.63, 3.8) is 0 Å². The van der Waals surface area contributed by atoms with Crippen LogP contribution in [0.25, 0.3) is 0 Å². The van der Waals surface area contributed by atoms with Gasteiger partial charge in [-0.15, -0.1) is 0 Å². The van der Waals surface area contributed by atoms with Crippen molar-refractivity contribution < 1.29 is 35.2 Å². The van der Waals surface area contributed by atoms with Crippen LogP contribution in [0.1, 0.15) is 6.99 Å².